The molecule has 2 aromatic rings. The van der Waals surface area contributed by atoms with Gasteiger partial charge in [0.05, 0.1) is 5.56 Å². The first-order chi connectivity index (χ1) is 10.7. The van der Waals surface area contributed by atoms with Gasteiger partial charge in [0.15, 0.2) is 6.23 Å². The van der Waals surface area contributed by atoms with Gasteiger partial charge in [-0.05, 0) is 17.7 Å². The number of likely N-dealkylation sites (tertiary alicyclic amines) is 1. The van der Waals surface area contributed by atoms with E-state index < -0.39 is 12.2 Å². The summed E-state index contributed by atoms with van der Waals surface area (Å²) in [5, 5.41) is 0. The Kier molecular flexibility index (Phi) is 4.19. The molecule has 0 saturated carbocycles. The van der Waals surface area contributed by atoms with E-state index in [0.717, 1.165) is 5.56 Å². The van der Waals surface area contributed by atoms with Crippen LogP contribution in [0.3, 0.4) is 0 Å². The van der Waals surface area contributed by atoms with E-state index in [2.05, 4.69) is 0 Å². The molecule has 3 rings (SSSR count). The Hall–Kier alpha value is -2.62. The fraction of sp³-hybridized carbons (Fsp3) is 0.222. The zero-order chi connectivity index (χ0) is 15.4. The molecule has 0 radical (unpaired) electrons. The summed E-state index contributed by atoms with van der Waals surface area (Å²) in [6.07, 6.45) is 0.476. The molecule has 1 aliphatic rings. The quantitative estimate of drug-likeness (QED) is 0.815. The van der Waals surface area contributed by atoms with Crippen LogP contribution in [0.4, 0.5) is 0 Å². The van der Waals surface area contributed by atoms with E-state index in [4.69, 9.17) is 4.74 Å². The molecule has 1 amide bonds. The highest BCUT2D eigenvalue weighted by Gasteiger charge is 2.33. The second kappa shape index (κ2) is 6.43. The lowest BCUT2D eigenvalue weighted by Crippen LogP contribution is -2.35. The first-order valence-electron chi connectivity index (χ1n) is 7.33. The van der Waals surface area contributed by atoms with Gasteiger partial charge in [-0.3, -0.25) is 4.79 Å². The molecule has 1 unspecified atom stereocenters. The van der Waals surface area contributed by atoms with Gasteiger partial charge >= 0.3 is 5.97 Å². The third kappa shape index (κ3) is 3.17. The Morgan fingerprint density at radius 3 is 2.36 bits per heavy atom. The van der Waals surface area contributed by atoms with Crippen molar-refractivity contribution < 1.29 is 14.3 Å². The number of esters is 1. The van der Waals surface area contributed by atoms with E-state index in [9.17, 15) is 9.59 Å². The third-order valence-electron chi connectivity index (χ3n) is 3.72. The van der Waals surface area contributed by atoms with Gasteiger partial charge in [0, 0.05) is 19.4 Å². The Labute approximate surface area is 129 Å². The Morgan fingerprint density at radius 1 is 1.05 bits per heavy atom. The number of carbonyl (C=O) groups is 2. The number of rotatable bonds is 4. The van der Waals surface area contributed by atoms with Crippen LogP contribution >= 0.6 is 0 Å². The summed E-state index contributed by atoms with van der Waals surface area (Å²) in [6, 6.07) is 18.6. The van der Waals surface area contributed by atoms with Crippen LogP contribution in [-0.2, 0) is 16.1 Å². The van der Waals surface area contributed by atoms with E-state index in [0.29, 0.717) is 24.9 Å². The van der Waals surface area contributed by atoms with E-state index >= 15 is 0 Å². The second-order valence-electron chi connectivity index (χ2n) is 5.27. The highest BCUT2D eigenvalue weighted by molar-refractivity contribution is 5.90. The molecule has 22 heavy (non-hydrogen) atoms. The van der Waals surface area contributed by atoms with Crippen LogP contribution in [0.25, 0.3) is 0 Å². The molecule has 1 atom stereocenters. The van der Waals surface area contributed by atoms with Crippen LogP contribution < -0.4 is 0 Å². The molecule has 112 valence electrons. The van der Waals surface area contributed by atoms with Crippen molar-refractivity contribution in [1.29, 1.82) is 0 Å². The van der Waals surface area contributed by atoms with Crippen LogP contribution in [0.1, 0.15) is 28.8 Å². The topological polar surface area (TPSA) is 46.6 Å². The highest BCUT2D eigenvalue weighted by atomic mass is 16.6. The van der Waals surface area contributed by atoms with Gasteiger partial charge in [-0.15, -0.1) is 0 Å². The van der Waals surface area contributed by atoms with E-state index in [1.165, 1.54) is 0 Å². The molecule has 1 aliphatic heterocycles. The standard InChI is InChI=1S/C18H17NO3/c20-16-11-12-17(19(16)13-14-7-3-1-4-8-14)22-18(21)15-9-5-2-6-10-15/h1-10,17H,11-13H2. The largest absolute Gasteiger partial charge is 0.438 e. The van der Waals surface area contributed by atoms with Gasteiger partial charge in [0.25, 0.3) is 0 Å². The number of hydrogen-bond donors (Lipinski definition) is 0. The van der Waals surface area contributed by atoms with Gasteiger partial charge in [-0.25, -0.2) is 4.79 Å². The molecule has 4 heteroatoms. The zero-order valence-electron chi connectivity index (χ0n) is 12.1. The predicted molar refractivity (Wildman–Crippen MR) is 81.9 cm³/mol. The summed E-state index contributed by atoms with van der Waals surface area (Å²) in [5.41, 5.74) is 1.53. The predicted octanol–water partition coefficient (Wildman–Crippen LogP) is 2.99. The van der Waals surface area contributed by atoms with Crippen molar-refractivity contribution in [1.82, 2.24) is 4.90 Å². The zero-order valence-corrected chi connectivity index (χ0v) is 12.1. The van der Waals surface area contributed by atoms with Crippen LogP contribution in [0.5, 0.6) is 0 Å². The first-order valence-corrected chi connectivity index (χ1v) is 7.33. The lowest BCUT2D eigenvalue weighted by molar-refractivity contribution is -0.134. The van der Waals surface area contributed by atoms with Crippen molar-refractivity contribution in [2.75, 3.05) is 0 Å². The minimum absolute atomic E-state index is 0.0229. The van der Waals surface area contributed by atoms with Crippen LogP contribution in [0, 0.1) is 0 Å². The number of carbonyl (C=O) groups excluding carboxylic acids is 2. The summed E-state index contributed by atoms with van der Waals surface area (Å²) in [5.74, 6) is -0.368. The normalized spacial score (nSPS) is 17.5. The molecule has 0 spiro atoms. The van der Waals surface area contributed by atoms with Gasteiger partial charge in [-0.1, -0.05) is 48.5 Å². The Bertz CT molecular complexity index is 655. The first kappa shape index (κ1) is 14.3. The van der Waals surface area contributed by atoms with E-state index in [-0.39, 0.29) is 5.91 Å². The summed E-state index contributed by atoms with van der Waals surface area (Å²) >= 11 is 0. The smallest absolute Gasteiger partial charge is 0.340 e. The van der Waals surface area contributed by atoms with E-state index in [1.54, 1.807) is 29.2 Å². The van der Waals surface area contributed by atoms with Crippen LogP contribution in [0.2, 0.25) is 0 Å². The van der Waals surface area contributed by atoms with Crippen molar-refractivity contribution in [3.05, 3.63) is 71.8 Å². The van der Waals surface area contributed by atoms with Gasteiger partial charge < -0.3 is 9.64 Å². The number of nitrogens with zero attached hydrogens (tertiary/aromatic N) is 1. The molecule has 0 bridgehead atoms. The number of hydrogen-bond acceptors (Lipinski definition) is 3. The molecule has 2 aromatic carbocycles. The second-order valence-corrected chi connectivity index (χ2v) is 5.27. The number of amides is 1. The van der Waals surface area contributed by atoms with Crippen molar-refractivity contribution >= 4 is 11.9 Å². The number of ether oxygens (including phenoxy) is 1. The van der Waals surface area contributed by atoms with Crippen molar-refractivity contribution in [3.63, 3.8) is 0 Å². The summed E-state index contributed by atoms with van der Waals surface area (Å²) < 4.78 is 5.52. The fourth-order valence-electron chi connectivity index (χ4n) is 2.57. The maximum absolute atomic E-state index is 12.1. The molecule has 1 saturated heterocycles. The molecule has 4 nitrogen and oxygen atoms in total. The van der Waals surface area contributed by atoms with E-state index in [1.807, 2.05) is 36.4 Å². The molecule has 1 fully saturated rings. The summed E-state index contributed by atoms with van der Waals surface area (Å²) in [4.78, 5) is 25.8. The van der Waals surface area contributed by atoms with Crippen LogP contribution in [-0.4, -0.2) is 23.0 Å². The fourth-order valence-corrected chi connectivity index (χ4v) is 2.57. The van der Waals surface area contributed by atoms with Gasteiger partial charge in [-0.2, -0.15) is 0 Å². The lowest BCUT2D eigenvalue weighted by atomic mass is 10.2. The summed E-state index contributed by atoms with van der Waals surface area (Å²) in [6.45, 7) is 0.465. The van der Waals surface area contributed by atoms with Gasteiger partial charge in [0.2, 0.25) is 5.91 Å². The average Bonchev–Trinajstić information content (AvgIpc) is 2.90. The maximum atomic E-state index is 12.1. The van der Waals surface area contributed by atoms with Gasteiger partial charge in [0.1, 0.15) is 0 Å². The highest BCUT2D eigenvalue weighted by Crippen LogP contribution is 2.23. The minimum atomic E-state index is -0.486. The molecule has 0 aromatic heterocycles. The Morgan fingerprint density at radius 2 is 1.68 bits per heavy atom. The average molecular weight is 295 g/mol. The molecule has 0 aliphatic carbocycles. The Balaban J connectivity index is 1.70. The molecular formula is C18H17NO3. The number of benzene rings is 2. The molecular weight excluding hydrogens is 278 g/mol. The van der Waals surface area contributed by atoms with Crippen molar-refractivity contribution in [2.45, 2.75) is 25.6 Å². The SMILES string of the molecule is O=C(OC1CCC(=O)N1Cc1ccccc1)c1ccccc1. The minimum Gasteiger partial charge on any atom is -0.438 e. The molecule has 0 N–H and O–H groups in total. The maximum Gasteiger partial charge on any atom is 0.340 e. The summed E-state index contributed by atoms with van der Waals surface area (Å²) in [7, 11) is 0. The van der Waals surface area contributed by atoms with Crippen LogP contribution in [0.15, 0.2) is 60.7 Å². The van der Waals surface area contributed by atoms with Crippen molar-refractivity contribution in [3.8, 4) is 0 Å². The lowest BCUT2D eigenvalue weighted by Gasteiger charge is -2.24. The molecule has 1 heterocycles. The third-order valence-corrected chi connectivity index (χ3v) is 3.72. The van der Waals surface area contributed by atoms with Crippen molar-refractivity contribution in [2.24, 2.45) is 0 Å². The monoisotopic (exact) mass is 295 g/mol.